The van der Waals surface area contributed by atoms with E-state index in [-0.39, 0.29) is 13.1 Å². The molecule has 70 valence electrons. The molecule has 0 atom stereocenters. The minimum atomic E-state index is -0.565. The molecular formula is C6H12N2O4. The quantitative estimate of drug-likeness (QED) is 0.565. The van der Waals surface area contributed by atoms with Crippen molar-refractivity contribution < 1.29 is 19.3 Å². The number of carbonyl (C=O) groups is 2. The first-order valence-corrected chi connectivity index (χ1v) is 3.41. The predicted octanol–water partition coefficient (Wildman–Crippen LogP) is -0.797. The van der Waals surface area contributed by atoms with Gasteiger partial charge >= 0.3 is 11.9 Å². The topological polar surface area (TPSA) is 81.9 Å². The van der Waals surface area contributed by atoms with Crippen LogP contribution in [0.15, 0.2) is 0 Å². The Balaban J connectivity index is 3.85. The standard InChI is InChI=1S/C6H12N2O4/c1-5(9)11-8(4-3-7)12-6(2)10/h3-4,7H2,1-2H3. The van der Waals surface area contributed by atoms with Crippen molar-refractivity contribution in [3.8, 4) is 0 Å². The minimum Gasteiger partial charge on any atom is -0.333 e. The third-order valence-electron chi connectivity index (χ3n) is 0.772. The maximum atomic E-state index is 10.4. The fourth-order valence-corrected chi connectivity index (χ4v) is 0.502. The van der Waals surface area contributed by atoms with Crippen LogP contribution in [0.25, 0.3) is 0 Å². The molecule has 0 rings (SSSR count). The number of carbonyl (C=O) groups excluding carboxylic acids is 2. The number of hydrogen-bond donors (Lipinski definition) is 1. The van der Waals surface area contributed by atoms with Crippen molar-refractivity contribution in [2.75, 3.05) is 13.1 Å². The Labute approximate surface area is 70.1 Å². The van der Waals surface area contributed by atoms with E-state index in [0.29, 0.717) is 0 Å². The summed E-state index contributed by atoms with van der Waals surface area (Å²) in [6, 6.07) is 0. The summed E-state index contributed by atoms with van der Waals surface area (Å²) in [6.07, 6.45) is 0. The van der Waals surface area contributed by atoms with Gasteiger partial charge in [0, 0.05) is 25.6 Å². The maximum Gasteiger partial charge on any atom is 0.326 e. The first-order valence-electron chi connectivity index (χ1n) is 3.41. The van der Waals surface area contributed by atoms with Gasteiger partial charge in [0.2, 0.25) is 0 Å². The predicted molar refractivity (Wildman–Crippen MR) is 39.3 cm³/mol. The molecular weight excluding hydrogens is 164 g/mol. The lowest BCUT2D eigenvalue weighted by Crippen LogP contribution is -2.33. The number of nitrogens with zero attached hydrogens (tertiary/aromatic N) is 1. The van der Waals surface area contributed by atoms with Gasteiger partial charge in [0.1, 0.15) is 0 Å². The van der Waals surface area contributed by atoms with Crippen molar-refractivity contribution in [3.63, 3.8) is 0 Å². The molecule has 0 spiro atoms. The summed E-state index contributed by atoms with van der Waals surface area (Å²) in [7, 11) is 0. The summed E-state index contributed by atoms with van der Waals surface area (Å²) in [5.41, 5.74) is 5.16. The Kier molecular flexibility index (Phi) is 4.98. The van der Waals surface area contributed by atoms with Crippen molar-refractivity contribution >= 4 is 11.9 Å². The molecule has 0 aliphatic heterocycles. The highest BCUT2D eigenvalue weighted by atomic mass is 17.0. The largest absolute Gasteiger partial charge is 0.333 e. The van der Waals surface area contributed by atoms with E-state index in [1.807, 2.05) is 0 Å². The van der Waals surface area contributed by atoms with Crippen LogP contribution in [-0.4, -0.2) is 30.3 Å². The number of nitrogens with two attached hydrogens (primary N) is 1. The van der Waals surface area contributed by atoms with Crippen LogP contribution in [0.3, 0.4) is 0 Å². The highest BCUT2D eigenvalue weighted by Gasteiger charge is 2.10. The Hall–Kier alpha value is -1.14. The SMILES string of the molecule is CC(=O)ON(CCN)OC(C)=O. The fourth-order valence-electron chi connectivity index (χ4n) is 0.502. The van der Waals surface area contributed by atoms with Crippen LogP contribution < -0.4 is 5.73 Å². The van der Waals surface area contributed by atoms with E-state index in [1.165, 1.54) is 13.8 Å². The van der Waals surface area contributed by atoms with Crippen LogP contribution in [0, 0.1) is 0 Å². The van der Waals surface area contributed by atoms with Gasteiger partial charge in [-0.3, -0.25) is 9.59 Å². The van der Waals surface area contributed by atoms with Crippen LogP contribution in [-0.2, 0) is 19.3 Å². The van der Waals surface area contributed by atoms with Crippen molar-refractivity contribution in [3.05, 3.63) is 0 Å². The molecule has 0 heterocycles. The molecule has 2 N–H and O–H groups in total. The molecule has 0 saturated carbocycles. The van der Waals surface area contributed by atoms with E-state index in [4.69, 9.17) is 5.73 Å². The van der Waals surface area contributed by atoms with E-state index in [2.05, 4.69) is 9.68 Å². The van der Waals surface area contributed by atoms with E-state index in [0.717, 1.165) is 5.23 Å². The summed E-state index contributed by atoms with van der Waals surface area (Å²) in [4.78, 5) is 29.8. The summed E-state index contributed by atoms with van der Waals surface area (Å²) in [5.74, 6) is -1.13. The van der Waals surface area contributed by atoms with Crippen LogP contribution in [0.4, 0.5) is 0 Å². The van der Waals surface area contributed by atoms with Gasteiger partial charge < -0.3 is 15.4 Å². The van der Waals surface area contributed by atoms with E-state index in [9.17, 15) is 9.59 Å². The summed E-state index contributed by atoms with van der Waals surface area (Å²) < 4.78 is 0. The molecule has 0 aliphatic carbocycles. The molecule has 0 aromatic heterocycles. The lowest BCUT2D eigenvalue weighted by atomic mass is 10.7. The summed E-state index contributed by atoms with van der Waals surface area (Å²) in [5, 5.41) is 0.755. The number of rotatable bonds is 4. The second kappa shape index (κ2) is 5.50. The molecule has 0 aromatic rings. The van der Waals surface area contributed by atoms with Gasteiger partial charge in [0.05, 0.1) is 6.54 Å². The number of hydrogen-bond acceptors (Lipinski definition) is 6. The van der Waals surface area contributed by atoms with Crippen LogP contribution >= 0.6 is 0 Å². The molecule has 0 aliphatic rings. The number of hydroxylamine groups is 2. The smallest absolute Gasteiger partial charge is 0.326 e. The van der Waals surface area contributed by atoms with E-state index >= 15 is 0 Å². The molecule has 0 fully saturated rings. The zero-order valence-electron chi connectivity index (χ0n) is 7.07. The monoisotopic (exact) mass is 176 g/mol. The Morgan fingerprint density at radius 3 is 1.92 bits per heavy atom. The summed E-state index contributed by atoms with van der Waals surface area (Å²) in [6.45, 7) is 2.78. The molecule has 0 bridgehead atoms. The van der Waals surface area contributed by atoms with Crippen molar-refractivity contribution in [1.82, 2.24) is 5.23 Å². The molecule has 12 heavy (non-hydrogen) atoms. The molecule has 6 heteroatoms. The first-order chi connectivity index (χ1) is 5.56. The normalized spacial score (nSPS) is 9.67. The van der Waals surface area contributed by atoms with Gasteiger partial charge in [-0.05, 0) is 0 Å². The molecule has 0 unspecified atom stereocenters. The maximum absolute atomic E-state index is 10.4. The lowest BCUT2D eigenvalue weighted by molar-refractivity contribution is -0.321. The molecule has 0 saturated heterocycles. The summed E-state index contributed by atoms with van der Waals surface area (Å²) >= 11 is 0. The van der Waals surface area contributed by atoms with Gasteiger partial charge in [0.15, 0.2) is 0 Å². The Morgan fingerprint density at radius 1 is 1.25 bits per heavy atom. The fraction of sp³-hybridized carbons (Fsp3) is 0.667. The van der Waals surface area contributed by atoms with Gasteiger partial charge in [-0.1, -0.05) is 0 Å². The van der Waals surface area contributed by atoms with E-state index in [1.54, 1.807) is 0 Å². The zero-order valence-corrected chi connectivity index (χ0v) is 7.07. The molecule has 0 radical (unpaired) electrons. The Morgan fingerprint density at radius 2 is 1.67 bits per heavy atom. The van der Waals surface area contributed by atoms with Crippen molar-refractivity contribution in [2.24, 2.45) is 5.73 Å². The third kappa shape index (κ3) is 5.63. The van der Waals surface area contributed by atoms with Crippen molar-refractivity contribution in [2.45, 2.75) is 13.8 Å². The van der Waals surface area contributed by atoms with Gasteiger partial charge in [0.25, 0.3) is 0 Å². The molecule has 0 amide bonds. The second-order valence-corrected chi connectivity index (χ2v) is 2.01. The minimum absolute atomic E-state index is 0.152. The van der Waals surface area contributed by atoms with E-state index < -0.39 is 11.9 Å². The van der Waals surface area contributed by atoms with Gasteiger partial charge in [-0.25, -0.2) is 0 Å². The van der Waals surface area contributed by atoms with Gasteiger partial charge in [-0.2, -0.15) is 0 Å². The average Bonchev–Trinajstić information content (AvgIpc) is 1.84. The van der Waals surface area contributed by atoms with Crippen LogP contribution in [0.1, 0.15) is 13.8 Å². The van der Waals surface area contributed by atoms with Crippen molar-refractivity contribution in [1.29, 1.82) is 0 Å². The average molecular weight is 176 g/mol. The second-order valence-electron chi connectivity index (χ2n) is 2.01. The zero-order chi connectivity index (χ0) is 9.56. The third-order valence-corrected chi connectivity index (χ3v) is 0.772. The highest BCUT2D eigenvalue weighted by molar-refractivity contribution is 5.67. The Bertz CT molecular complexity index is 155. The first kappa shape index (κ1) is 10.9. The molecule has 6 nitrogen and oxygen atoms in total. The molecule has 0 aromatic carbocycles. The van der Waals surface area contributed by atoms with Crippen LogP contribution in [0.2, 0.25) is 0 Å². The lowest BCUT2D eigenvalue weighted by Gasteiger charge is -2.16. The van der Waals surface area contributed by atoms with Crippen LogP contribution in [0.5, 0.6) is 0 Å². The highest BCUT2D eigenvalue weighted by Crippen LogP contribution is 1.92. The van der Waals surface area contributed by atoms with Gasteiger partial charge in [-0.15, -0.1) is 0 Å².